The van der Waals surface area contributed by atoms with Crippen LogP contribution in [0.25, 0.3) is 0 Å². The van der Waals surface area contributed by atoms with Gasteiger partial charge in [0, 0.05) is 37.0 Å². The Morgan fingerprint density at radius 2 is 2.08 bits per heavy atom. The second kappa shape index (κ2) is 6.76. The fraction of sp³-hybridized carbons (Fsp3) is 0.294. The number of nitrogens with one attached hydrogen (secondary N) is 2. The monoisotopic (exact) mass is 321 g/mol. The highest BCUT2D eigenvalue weighted by Crippen LogP contribution is 2.33. The summed E-state index contributed by atoms with van der Waals surface area (Å²) in [5.41, 5.74) is 1.26. The van der Waals surface area contributed by atoms with Crippen LogP contribution in [0, 0.1) is 0 Å². The standard InChI is InChI=1S/C17H19N7/c1-2-14(24(9-1)12-17-21-7-8-22-17)13-3-4-19-15(10-13)23-16-11-18-5-6-20-16/h3-8,10-11,14H,1-2,9,12H2,(H,21,22)(H,19,20,23)/t14-/m1/s1. The number of pyridine rings is 1. The van der Waals surface area contributed by atoms with E-state index in [1.165, 1.54) is 12.0 Å². The minimum absolute atomic E-state index is 0.389. The molecule has 0 aliphatic carbocycles. The summed E-state index contributed by atoms with van der Waals surface area (Å²) in [5, 5.41) is 3.21. The van der Waals surface area contributed by atoms with Crippen LogP contribution in [0.3, 0.4) is 0 Å². The van der Waals surface area contributed by atoms with Crippen molar-refractivity contribution in [3.05, 3.63) is 60.7 Å². The lowest BCUT2D eigenvalue weighted by molar-refractivity contribution is 0.243. The molecule has 1 aliphatic rings. The van der Waals surface area contributed by atoms with Crippen LogP contribution in [0.5, 0.6) is 0 Å². The zero-order chi connectivity index (χ0) is 16.2. The molecule has 1 aliphatic heterocycles. The molecule has 4 heterocycles. The lowest BCUT2D eigenvalue weighted by Gasteiger charge is -2.24. The SMILES string of the molecule is c1cnc(Nc2cc([C@H]3CCCN3Cc3ncc[nH]3)ccn2)cn1. The normalized spacial score (nSPS) is 17.9. The Balaban J connectivity index is 1.51. The molecule has 0 aromatic carbocycles. The Morgan fingerprint density at radius 1 is 1.12 bits per heavy atom. The molecular weight excluding hydrogens is 302 g/mol. The van der Waals surface area contributed by atoms with E-state index in [1.807, 2.05) is 12.4 Å². The second-order valence-corrected chi connectivity index (χ2v) is 5.85. The number of aromatic nitrogens is 5. The molecule has 3 aromatic rings. The summed E-state index contributed by atoms with van der Waals surface area (Å²) in [4.78, 5) is 22.7. The number of likely N-dealkylation sites (tertiary alicyclic amines) is 1. The predicted molar refractivity (Wildman–Crippen MR) is 90.5 cm³/mol. The first-order valence-corrected chi connectivity index (χ1v) is 8.10. The molecule has 0 spiro atoms. The summed E-state index contributed by atoms with van der Waals surface area (Å²) in [6.45, 7) is 1.92. The van der Waals surface area contributed by atoms with Crippen molar-refractivity contribution in [1.82, 2.24) is 29.8 Å². The van der Waals surface area contributed by atoms with E-state index in [4.69, 9.17) is 0 Å². The second-order valence-electron chi connectivity index (χ2n) is 5.85. The van der Waals surface area contributed by atoms with E-state index in [-0.39, 0.29) is 0 Å². The van der Waals surface area contributed by atoms with Gasteiger partial charge < -0.3 is 10.3 Å². The maximum atomic E-state index is 4.39. The summed E-state index contributed by atoms with van der Waals surface area (Å²) in [7, 11) is 0. The van der Waals surface area contributed by atoms with Gasteiger partial charge in [0.2, 0.25) is 0 Å². The van der Waals surface area contributed by atoms with Gasteiger partial charge in [0.25, 0.3) is 0 Å². The Morgan fingerprint density at radius 3 is 2.92 bits per heavy atom. The van der Waals surface area contributed by atoms with Gasteiger partial charge in [-0.2, -0.15) is 0 Å². The quantitative estimate of drug-likeness (QED) is 0.752. The Hall–Kier alpha value is -2.80. The molecule has 7 nitrogen and oxygen atoms in total. The predicted octanol–water partition coefficient (Wildman–Crippen LogP) is 2.68. The Bertz CT molecular complexity index is 773. The van der Waals surface area contributed by atoms with Crippen LogP contribution < -0.4 is 5.32 Å². The van der Waals surface area contributed by atoms with Gasteiger partial charge in [-0.3, -0.25) is 9.88 Å². The fourth-order valence-electron chi connectivity index (χ4n) is 3.19. The molecule has 0 radical (unpaired) electrons. The molecule has 3 aromatic heterocycles. The maximum absolute atomic E-state index is 4.39. The summed E-state index contributed by atoms with van der Waals surface area (Å²) in [6, 6.07) is 4.58. The largest absolute Gasteiger partial charge is 0.348 e. The first-order chi connectivity index (χ1) is 11.9. The van der Waals surface area contributed by atoms with E-state index in [2.05, 4.69) is 47.3 Å². The van der Waals surface area contributed by atoms with E-state index in [9.17, 15) is 0 Å². The van der Waals surface area contributed by atoms with Crippen molar-refractivity contribution in [3.63, 3.8) is 0 Å². The van der Waals surface area contributed by atoms with Crippen molar-refractivity contribution in [1.29, 1.82) is 0 Å². The van der Waals surface area contributed by atoms with Crippen LogP contribution in [-0.2, 0) is 6.54 Å². The van der Waals surface area contributed by atoms with Gasteiger partial charge in [0.15, 0.2) is 0 Å². The number of hydrogen-bond acceptors (Lipinski definition) is 6. The molecule has 7 heteroatoms. The molecule has 0 amide bonds. The minimum atomic E-state index is 0.389. The van der Waals surface area contributed by atoms with Crippen LogP contribution in [0.4, 0.5) is 11.6 Å². The topological polar surface area (TPSA) is 82.6 Å². The van der Waals surface area contributed by atoms with E-state index >= 15 is 0 Å². The Labute approximate surface area is 140 Å². The molecule has 1 fully saturated rings. The smallest absolute Gasteiger partial charge is 0.150 e. The average Bonchev–Trinajstić information content (AvgIpc) is 3.28. The summed E-state index contributed by atoms with van der Waals surface area (Å²) in [5.74, 6) is 2.49. The Kier molecular flexibility index (Phi) is 4.16. The van der Waals surface area contributed by atoms with Crippen LogP contribution >= 0.6 is 0 Å². The third-order valence-corrected chi connectivity index (χ3v) is 4.26. The van der Waals surface area contributed by atoms with Gasteiger partial charge >= 0.3 is 0 Å². The van der Waals surface area contributed by atoms with Gasteiger partial charge in [-0.15, -0.1) is 0 Å². The first-order valence-electron chi connectivity index (χ1n) is 8.10. The highest BCUT2D eigenvalue weighted by molar-refractivity contribution is 5.51. The lowest BCUT2D eigenvalue weighted by Crippen LogP contribution is -2.23. The third kappa shape index (κ3) is 3.26. The van der Waals surface area contributed by atoms with Gasteiger partial charge in [-0.25, -0.2) is 15.0 Å². The van der Waals surface area contributed by atoms with E-state index in [1.54, 1.807) is 24.8 Å². The number of anilines is 2. The summed E-state index contributed by atoms with van der Waals surface area (Å²) < 4.78 is 0. The summed E-state index contributed by atoms with van der Waals surface area (Å²) in [6.07, 6.45) is 12.9. The van der Waals surface area contributed by atoms with Crippen LogP contribution in [0.2, 0.25) is 0 Å². The van der Waals surface area contributed by atoms with Gasteiger partial charge in [0.1, 0.15) is 17.5 Å². The molecule has 0 bridgehead atoms. The number of H-pyrrole nitrogens is 1. The van der Waals surface area contributed by atoms with E-state index < -0.39 is 0 Å². The zero-order valence-electron chi connectivity index (χ0n) is 13.3. The highest BCUT2D eigenvalue weighted by atomic mass is 15.2. The van der Waals surface area contributed by atoms with Crippen molar-refractivity contribution in [2.45, 2.75) is 25.4 Å². The third-order valence-electron chi connectivity index (χ3n) is 4.26. The van der Waals surface area contributed by atoms with Crippen molar-refractivity contribution in [3.8, 4) is 0 Å². The van der Waals surface area contributed by atoms with Crippen LogP contribution in [0.15, 0.2) is 49.3 Å². The summed E-state index contributed by atoms with van der Waals surface area (Å²) >= 11 is 0. The average molecular weight is 321 g/mol. The molecule has 0 saturated carbocycles. The van der Waals surface area contributed by atoms with Crippen molar-refractivity contribution in [2.75, 3.05) is 11.9 Å². The molecular formula is C17H19N7. The number of hydrogen-bond donors (Lipinski definition) is 2. The lowest BCUT2D eigenvalue weighted by atomic mass is 10.1. The number of aromatic amines is 1. The number of imidazole rings is 1. The maximum Gasteiger partial charge on any atom is 0.150 e. The first kappa shape index (κ1) is 14.8. The van der Waals surface area contributed by atoms with Crippen molar-refractivity contribution in [2.24, 2.45) is 0 Å². The minimum Gasteiger partial charge on any atom is -0.348 e. The van der Waals surface area contributed by atoms with Gasteiger partial charge in [-0.1, -0.05) is 0 Å². The van der Waals surface area contributed by atoms with E-state index in [0.717, 1.165) is 31.2 Å². The number of rotatable bonds is 5. The molecule has 122 valence electrons. The molecule has 4 rings (SSSR count). The van der Waals surface area contributed by atoms with Crippen LogP contribution in [0.1, 0.15) is 30.3 Å². The van der Waals surface area contributed by atoms with Crippen molar-refractivity contribution >= 4 is 11.6 Å². The van der Waals surface area contributed by atoms with Gasteiger partial charge in [-0.05, 0) is 37.1 Å². The molecule has 0 unspecified atom stereocenters. The molecule has 24 heavy (non-hydrogen) atoms. The highest BCUT2D eigenvalue weighted by Gasteiger charge is 2.26. The molecule has 1 atom stereocenters. The van der Waals surface area contributed by atoms with Crippen molar-refractivity contribution < 1.29 is 0 Å². The van der Waals surface area contributed by atoms with Crippen LogP contribution in [-0.4, -0.2) is 36.4 Å². The fourth-order valence-corrected chi connectivity index (χ4v) is 3.19. The van der Waals surface area contributed by atoms with Gasteiger partial charge in [0.05, 0.1) is 12.7 Å². The number of nitrogens with zero attached hydrogens (tertiary/aromatic N) is 5. The van der Waals surface area contributed by atoms with E-state index in [0.29, 0.717) is 11.9 Å². The zero-order valence-corrected chi connectivity index (χ0v) is 13.3. The molecule has 1 saturated heterocycles. The molecule has 2 N–H and O–H groups in total.